The van der Waals surface area contributed by atoms with Crippen molar-refractivity contribution in [1.82, 2.24) is 9.80 Å². The Morgan fingerprint density at radius 1 is 1.42 bits per heavy atom. The molecule has 1 unspecified atom stereocenters. The molecule has 0 amide bonds. The van der Waals surface area contributed by atoms with Crippen molar-refractivity contribution in [3.63, 3.8) is 0 Å². The van der Waals surface area contributed by atoms with Crippen molar-refractivity contribution >= 4 is 5.78 Å². The number of hydrogen-bond acceptors (Lipinski definition) is 4. The van der Waals surface area contributed by atoms with E-state index >= 15 is 0 Å². The van der Waals surface area contributed by atoms with Crippen molar-refractivity contribution < 1.29 is 9.90 Å². The molecule has 104 valence electrons. The van der Waals surface area contributed by atoms with E-state index in [0.717, 1.165) is 19.5 Å². The maximum absolute atomic E-state index is 12.2. The molecule has 1 aliphatic rings. The van der Waals surface area contributed by atoms with Gasteiger partial charge in [0.2, 0.25) is 0 Å². The van der Waals surface area contributed by atoms with Gasteiger partial charge in [-0.3, -0.25) is 9.69 Å². The molecule has 0 radical (unpaired) electrons. The molecule has 19 heavy (non-hydrogen) atoms. The highest BCUT2D eigenvalue weighted by atomic mass is 16.3. The van der Waals surface area contributed by atoms with Crippen molar-refractivity contribution in [3.05, 3.63) is 29.8 Å². The maximum Gasteiger partial charge on any atom is 0.176 e. The second-order valence-electron chi connectivity index (χ2n) is 5.44. The summed E-state index contributed by atoms with van der Waals surface area (Å²) < 4.78 is 0. The Labute approximate surface area is 114 Å². The van der Waals surface area contributed by atoms with Crippen LogP contribution in [0, 0.1) is 0 Å². The minimum absolute atomic E-state index is 0.107. The van der Waals surface area contributed by atoms with Gasteiger partial charge in [0, 0.05) is 18.2 Å². The minimum Gasteiger partial charge on any atom is -0.508 e. The summed E-state index contributed by atoms with van der Waals surface area (Å²) in [5.74, 6) is 0.300. The lowest BCUT2D eigenvalue weighted by molar-refractivity contribution is 0.0857. The number of Topliss-reactive ketones (excluding diaryl/α,β-unsaturated/α-hetero) is 1. The van der Waals surface area contributed by atoms with Gasteiger partial charge in [0.25, 0.3) is 0 Å². The fraction of sp³-hybridized carbons (Fsp3) is 0.533. The Balaban J connectivity index is 1.92. The Kier molecular flexibility index (Phi) is 4.56. The van der Waals surface area contributed by atoms with Gasteiger partial charge in [0.15, 0.2) is 5.78 Å². The molecule has 1 fully saturated rings. The summed E-state index contributed by atoms with van der Waals surface area (Å²) in [6, 6.07) is 6.93. The number of benzene rings is 1. The third-order valence-corrected chi connectivity index (χ3v) is 3.81. The second-order valence-corrected chi connectivity index (χ2v) is 5.44. The molecule has 0 aromatic heterocycles. The van der Waals surface area contributed by atoms with Crippen LogP contribution in [0.25, 0.3) is 0 Å². The second kappa shape index (κ2) is 6.17. The van der Waals surface area contributed by atoms with Gasteiger partial charge < -0.3 is 10.0 Å². The van der Waals surface area contributed by atoms with Crippen LogP contribution in [0.5, 0.6) is 5.75 Å². The molecule has 1 aromatic rings. The van der Waals surface area contributed by atoms with E-state index in [0.29, 0.717) is 18.2 Å². The third kappa shape index (κ3) is 3.78. The number of rotatable bonds is 4. The average molecular weight is 262 g/mol. The molecule has 4 nitrogen and oxygen atoms in total. The molecule has 1 atom stereocenters. The first-order valence-corrected chi connectivity index (χ1v) is 6.77. The molecule has 1 saturated heterocycles. The average Bonchev–Trinajstić information content (AvgIpc) is 2.39. The number of likely N-dealkylation sites (N-methyl/N-ethyl adjacent to an activating group) is 2. The first kappa shape index (κ1) is 14.0. The lowest BCUT2D eigenvalue weighted by Crippen LogP contribution is -2.46. The van der Waals surface area contributed by atoms with E-state index in [-0.39, 0.29) is 11.5 Å². The highest BCUT2D eigenvalue weighted by molar-refractivity contribution is 5.97. The molecule has 0 saturated carbocycles. The van der Waals surface area contributed by atoms with Crippen LogP contribution in [0.15, 0.2) is 24.3 Å². The van der Waals surface area contributed by atoms with E-state index in [1.165, 1.54) is 6.42 Å². The van der Waals surface area contributed by atoms with Crippen LogP contribution < -0.4 is 0 Å². The Morgan fingerprint density at radius 3 is 2.74 bits per heavy atom. The van der Waals surface area contributed by atoms with Gasteiger partial charge in [0.1, 0.15) is 5.75 Å². The molecule has 4 heteroatoms. The zero-order chi connectivity index (χ0) is 13.8. The van der Waals surface area contributed by atoms with Gasteiger partial charge >= 0.3 is 0 Å². The summed E-state index contributed by atoms with van der Waals surface area (Å²) in [6.07, 6.45) is 2.35. The summed E-state index contributed by atoms with van der Waals surface area (Å²) in [6.45, 7) is 2.61. The summed E-state index contributed by atoms with van der Waals surface area (Å²) >= 11 is 0. The molecule has 2 rings (SSSR count). The zero-order valence-corrected chi connectivity index (χ0v) is 11.7. The summed E-state index contributed by atoms with van der Waals surface area (Å²) in [5.41, 5.74) is 0.661. The number of ketones is 1. The van der Waals surface area contributed by atoms with Gasteiger partial charge in [0.05, 0.1) is 6.54 Å². The molecule has 1 heterocycles. The van der Waals surface area contributed by atoms with Crippen molar-refractivity contribution in [2.75, 3.05) is 33.7 Å². The summed E-state index contributed by atoms with van der Waals surface area (Å²) in [5, 5.41) is 9.23. The van der Waals surface area contributed by atoms with Crippen LogP contribution in [-0.2, 0) is 0 Å². The van der Waals surface area contributed by atoms with Gasteiger partial charge in [-0.05, 0) is 57.7 Å². The molecule has 0 aliphatic carbocycles. The summed E-state index contributed by atoms with van der Waals surface area (Å²) in [4.78, 5) is 16.6. The predicted octanol–water partition coefficient (Wildman–Crippen LogP) is 1.60. The van der Waals surface area contributed by atoms with Crippen LogP contribution >= 0.6 is 0 Å². The Morgan fingerprint density at radius 2 is 2.11 bits per heavy atom. The standard InChI is InChI=1S/C15H22N2O2/c1-16-9-3-4-13(10-16)17(2)11-15(19)12-5-7-14(18)8-6-12/h5-8,13,18H,3-4,9-11H2,1-2H3. The van der Waals surface area contributed by atoms with Gasteiger partial charge in [-0.1, -0.05) is 0 Å². The van der Waals surface area contributed by atoms with Gasteiger partial charge in [-0.25, -0.2) is 0 Å². The van der Waals surface area contributed by atoms with Crippen molar-refractivity contribution in [1.29, 1.82) is 0 Å². The van der Waals surface area contributed by atoms with Crippen molar-refractivity contribution in [2.24, 2.45) is 0 Å². The third-order valence-electron chi connectivity index (χ3n) is 3.81. The van der Waals surface area contributed by atoms with E-state index < -0.39 is 0 Å². The van der Waals surface area contributed by atoms with Crippen molar-refractivity contribution in [3.8, 4) is 5.75 Å². The van der Waals surface area contributed by atoms with Crippen LogP contribution in [0.3, 0.4) is 0 Å². The summed E-state index contributed by atoms with van der Waals surface area (Å²) in [7, 11) is 4.14. The SMILES string of the molecule is CN1CCCC(N(C)CC(=O)c2ccc(O)cc2)C1. The fourth-order valence-corrected chi connectivity index (χ4v) is 2.59. The number of aromatic hydroxyl groups is 1. The first-order chi connectivity index (χ1) is 9.06. The number of carbonyl (C=O) groups excluding carboxylic acids is 1. The van der Waals surface area contributed by atoms with Crippen molar-refractivity contribution in [2.45, 2.75) is 18.9 Å². The first-order valence-electron chi connectivity index (χ1n) is 6.77. The largest absolute Gasteiger partial charge is 0.508 e. The fourth-order valence-electron chi connectivity index (χ4n) is 2.59. The number of likely N-dealkylation sites (tertiary alicyclic amines) is 1. The number of hydrogen-bond donors (Lipinski definition) is 1. The van der Waals surface area contributed by atoms with Gasteiger partial charge in [-0.15, -0.1) is 0 Å². The van der Waals surface area contributed by atoms with E-state index in [1.54, 1.807) is 24.3 Å². The maximum atomic E-state index is 12.2. The zero-order valence-electron chi connectivity index (χ0n) is 11.7. The van der Waals surface area contributed by atoms with Crippen LogP contribution in [0.4, 0.5) is 0 Å². The Bertz CT molecular complexity index is 430. The molecular formula is C15H22N2O2. The predicted molar refractivity (Wildman–Crippen MR) is 75.6 cm³/mol. The normalized spacial score (nSPS) is 20.7. The number of nitrogens with zero attached hydrogens (tertiary/aromatic N) is 2. The van der Waals surface area contributed by atoms with E-state index in [1.807, 2.05) is 7.05 Å². The monoisotopic (exact) mass is 262 g/mol. The molecular weight excluding hydrogens is 240 g/mol. The molecule has 1 aliphatic heterocycles. The number of carbonyl (C=O) groups is 1. The van der Waals surface area contributed by atoms with Crippen LogP contribution in [-0.4, -0.2) is 60.5 Å². The van der Waals surface area contributed by atoms with Crippen LogP contribution in [0.2, 0.25) is 0 Å². The molecule has 0 spiro atoms. The quantitative estimate of drug-likeness (QED) is 0.837. The van der Waals surface area contributed by atoms with Gasteiger partial charge in [-0.2, -0.15) is 0 Å². The van der Waals surface area contributed by atoms with E-state index in [9.17, 15) is 9.90 Å². The minimum atomic E-state index is 0.107. The molecule has 0 bridgehead atoms. The highest BCUT2D eigenvalue weighted by Crippen LogP contribution is 2.15. The topological polar surface area (TPSA) is 43.8 Å². The van der Waals surface area contributed by atoms with E-state index in [4.69, 9.17) is 0 Å². The lowest BCUT2D eigenvalue weighted by Gasteiger charge is -2.35. The number of phenolic OH excluding ortho intramolecular Hbond substituents is 1. The number of piperidine rings is 1. The highest BCUT2D eigenvalue weighted by Gasteiger charge is 2.22. The lowest BCUT2D eigenvalue weighted by atomic mass is 10.0. The van der Waals surface area contributed by atoms with E-state index in [2.05, 4.69) is 16.8 Å². The van der Waals surface area contributed by atoms with Crippen LogP contribution in [0.1, 0.15) is 23.2 Å². The molecule has 1 aromatic carbocycles. The Hall–Kier alpha value is -1.39. The molecule has 1 N–H and O–H groups in total. The smallest absolute Gasteiger partial charge is 0.176 e. The number of phenols is 1.